The quantitative estimate of drug-likeness (QED) is 0.715. The van der Waals surface area contributed by atoms with E-state index in [1.165, 1.54) is 5.56 Å². The monoisotopic (exact) mass is 173 g/mol. The summed E-state index contributed by atoms with van der Waals surface area (Å²) in [6.45, 7) is 2.13. The van der Waals surface area contributed by atoms with Crippen LogP contribution in [0.5, 0.6) is 0 Å². The van der Waals surface area contributed by atoms with Crippen LogP contribution in [0.1, 0.15) is 11.1 Å². The predicted molar refractivity (Wildman–Crippen MR) is 52.4 cm³/mol. The van der Waals surface area contributed by atoms with Crippen molar-refractivity contribution in [2.45, 2.75) is 13.5 Å². The lowest BCUT2D eigenvalue weighted by Gasteiger charge is -2.02. The van der Waals surface area contributed by atoms with Gasteiger partial charge in [-0.2, -0.15) is 0 Å². The van der Waals surface area contributed by atoms with Gasteiger partial charge in [0.25, 0.3) is 0 Å². The number of benzene rings is 1. The molecule has 0 radical (unpaired) electrons. The molecule has 0 aliphatic carbocycles. The molecule has 2 heteroatoms. The fourth-order valence-electron chi connectivity index (χ4n) is 1.43. The highest BCUT2D eigenvalue weighted by molar-refractivity contribution is 5.82. The normalized spacial score (nSPS) is 10.6. The van der Waals surface area contributed by atoms with Gasteiger partial charge >= 0.3 is 0 Å². The van der Waals surface area contributed by atoms with Crippen molar-refractivity contribution in [3.05, 3.63) is 41.6 Å². The zero-order valence-corrected chi connectivity index (χ0v) is 7.49. The molecule has 0 bridgehead atoms. The van der Waals surface area contributed by atoms with Crippen LogP contribution < -0.4 is 0 Å². The van der Waals surface area contributed by atoms with Gasteiger partial charge in [0.05, 0.1) is 12.1 Å². The van der Waals surface area contributed by atoms with Gasteiger partial charge in [-0.25, -0.2) is 0 Å². The second-order valence-corrected chi connectivity index (χ2v) is 3.14. The Morgan fingerprint density at radius 1 is 1.31 bits per heavy atom. The van der Waals surface area contributed by atoms with Gasteiger partial charge in [0, 0.05) is 11.6 Å². The summed E-state index contributed by atoms with van der Waals surface area (Å²) in [6, 6.07) is 7.80. The summed E-state index contributed by atoms with van der Waals surface area (Å²) in [5, 5.41) is 10.1. The Hall–Kier alpha value is -1.41. The first-order valence-electron chi connectivity index (χ1n) is 4.26. The molecule has 0 amide bonds. The van der Waals surface area contributed by atoms with E-state index >= 15 is 0 Å². The van der Waals surface area contributed by atoms with Crippen molar-refractivity contribution in [1.82, 2.24) is 4.98 Å². The highest BCUT2D eigenvalue weighted by atomic mass is 16.3. The number of rotatable bonds is 1. The smallest absolute Gasteiger partial charge is 0.0704 e. The van der Waals surface area contributed by atoms with Crippen molar-refractivity contribution in [2.75, 3.05) is 0 Å². The van der Waals surface area contributed by atoms with E-state index in [2.05, 4.69) is 4.98 Å². The Morgan fingerprint density at radius 2 is 2.15 bits per heavy atom. The van der Waals surface area contributed by atoms with Gasteiger partial charge in [-0.15, -0.1) is 0 Å². The summed E-state index contributed by atoms with van der Waals surface area (Å²) in [6.07, 6.45) is 1.80. The van der Waals surface area contributed by atoms with E-state index in [0.29, 0.717) is 0 Å². The van der Waals surface area contributed by atoms with Gasteiger partial charge in [0.15, 0.2) is 0 Å². The molecule has 1 aromatic carbocycles. The van der Waals surface area contributed by atoms with Crippen LogP contribution in [0.25, 0.3) is 10.9 Å². The molecule has 0 spiro atoms. The first-order chi connectivity index (χ1) is 6.31. The zero-order valence-electron chi connectivity index (χ0n) is 7.49. The third-order valence-electron chi connectivity index (χ3n) is 2.21. The maximum Gasteiger partial charge on any atom is 0.0704 e. The average Bonchev–Trinajstić information content (AvgIpc) is 2.18. The molecule has 13 heavy (non-hydrogen) atoms. The Labute approximate surface area is 76.9 Å². The van der Waals surface area contributed by atoms with Gasteiger partial charge in [-0.3, -0.25) is 4.98 Å². The van der Waals surface area contributed by atoms with Crippen molar-refractivity contribution in [2.24, 2.45) is 0 Å². The first-order valence-corrected chi connectivity index (χ1v) is 4.26. The van der Waals surface area contributed by atoms with Gasteiger partial charge < -0.3 is 5.11 Å². The molecule has 1 N–H and O–H groups in total. The topological polar surface area (TPSA) is 33.1 Å². The fourth-order valence-corrected chi connectivity index (χ4v) is 1.43. The second-order valence-electron chi connectivity index (χ2n) is 3.14. The molecule has 1 heterocycles. The number of nitrogens with zero attached hydrogens (tertiary/aromatic N) is 1. The van der Waals surface area contributed by atoms with Crippen molar-refractivity contribution in [3.63, 3.8) is 0 Å². The molecule has 2 nitrogen and oxygen atoms in total. The number of aliphatic hydroxyl groups is 1. The number of pyridine rings is 1. The second kappa shape index (κ2) is 3.15. The van der Waals surface area contributed by atoms with Crippen LogP contribution in [-0.2, 0) is 6.61 Å². The van der Waals surface area contributed by atoms with Crippen LogP contribution in [0.2, 0.25) is 0 Å². The molecular formula is C11H11NO. The molecule has 2 rings (SSSR count). The number of hydrogen-bond acceptors (Lipinski definition) is 2. The number of aliphatic hydroxyl groups excluding tert-OH is 1. The number of aromatic nitrogens is 1. The molecule has 0 fully saturated rings. The minimum Gasteiger partial charge on any atom is -0.392 e. The van der Waals surface area contributed by atoms with E-state index in [1.807, 2.05) is 31.2 Å². The maximum atomic E-state index is 8.97. The van der Waals surface area contributed by atoms with E-state index < -0.39 is 0 Å². The molecule has 0 aliphatic heterocycles. The predicted octanol–water partition coefficient (Wildman–Crippen LogP) is 2.04. The molecule has 0 saturated heterocycles. The Balaban J connectivity index is 2.74. The lowest BCUT2D eigenvalue weighted by Crippen LogP contribution is -1.86. The van der Waals surface area contributed by atoms with E-state index in [-0.39, 0.29) is 6.61 Å². The summed E-state index contributed by atoms with van der Waals surface area (Å²) in [4.78, 5) is 4.24. The number of aryl methyl sites for hydroxylation is 1. The van der Waals surface area contributed by atoms with Crippen LogP contribution in [-0.4, -0.2) is 10.1 Å². The third-order valence-corrected chi connectivity index (χ3v) is 2.21. The van der Waals surface area contributed by atoms with Gasteiger partial charge in [0.1, 0.15) is 0 Å². The molecule has 1 aromatic heterocycles. The standard InChI is InChI=1S/C11H11NO/c1-8-4-5-12-11-3-2-9(7-13)6-10(8)11/h2-6,13H,7H2,1H3. The van der Waals surface area contributed by atoms with Crippen molar-refractivity contribution in [3.8, 4) is 0 Å². The number of fused-ring (bicyclic) bond motifs is 1. The van der Waals surface area contributed by atoms with Crippen LogP contribution in [0.3, 0.4) is 0 Å². The maximum absolute atomic E-state index is 8.97. The van der Waals surface area contributed by atoms with Crippen LogP contribution in [0.4, 0.5) is 0 Å². The van der Waals surface area contributed by atoms with Crippen molar-refractivity contribution < 1.29 is 5.11 Å². The molecule has 0 unspecified atom stereocenters. The van der Waals surface area contributed by atoms with E-state index in [4.69, 9.17) is 5.11 Å². The fraction of sp³-hybridized carbons (Fsp3) is 0.182. The molecule has 0 aliphatic rings. The Kier molecular flexibility index (Phi) is 1.99. The molecule has 66 valence electrons. The first kappa shape index (κ1) is 8.20. The summed E-state index contributed by atoms with van der Waals surface area (Å²) in [5.74, 6) is 0. The Bertz CT molecular complexity index is 437. The Morgan fingerprint density at radius 3 is 2.92 bits per heavy atom. The molecule has 0 atom stereocenters. The highest BCUT2D eigenvalue weighted by Crippen LogP contribution is 2.17. The lowest BCUT2D eigenvalue weighted by atomic mass is 10.1. The van der Waals surface area contributed by atoms with Gasteiger partial charge in [-0.1, -0.05) is 6.07 Å². The zero-order chi connectivity index (χ0) is 9.26. The molecule has 2 aromatic rings. The summed E-state index contributed by atoms with van der Waals surface area (Å²) >= 11 is 0. The highest BCUT2D eigenvalue weighted by Gasteiger charge is 1.98. The van der Waals surface area contributed by atoms with Gasteiger partial charge in [0.2, 0.25) is 0 Å². The van der Waals surface area contributed by atoms with E-state index in [1.54, 1.807) is 6.20 Å². The summed E-state index contributed by atoms with van der Waals surface area (Å²) in [7, 11) is 0. The van der Waals surface area contributed by atoms with Crippen LogP contribution >= 0.6 is 0 Å². The van der Waals surface area contributed by atoms with E-state index in [9.17, 15) is 0 Å². The van der Waals surface area contributed by atoms with Crippen LogP contribution in [0.15, 0.2) is 30.5 Å². The SMILES string of the molecule is Cc1ccnc2ccc(CO)cc12. The third kappa shape index (κ3) is 1.40. The minimum absolute atomic E-state index is 0.0876. The van der Waals surface area contributed by atoms with Crippen LogP contribution in [0, 0.1) is 6.92 Å². The van der Waals surface area contributed by atoms with E-state index in [0.717, 1.165) is 16.5 Å². The molecule has 0 saturated carbocycles. The average molecular weight is 173 g/mol. The minimum atomic E-state index is 0.0876. The summed E-state index contributed by atoms with van der Waals surface area (Å²) < 4.78 is 0. The van der Waals surface area contributed by atoms with Gasteiger partial charge in [-0.05, 0) is 36.2 Å². The summed E-state index contributed by atoms with van der Waals surface area (Å²) in [5.41, 5.74) is 3.11. The number of hydrogen-bond donors (Lipinski definition) is 1. The van der Waals surface area contributed by atoms with Crippen molar-refractivity contribution >= 4 is 10.9 Å². The molecular weight excluding hydrogens is 162 g/mol. The largest absolute Gasteiger partial charge is 0.392 e. The lowest BCUT2D eigenvalue weighted by molar-refractivity contribution is 0.282. The van der Waals surface area contributed by atoms with Crippen molar-refractivity contribution in [1.29, 1.82) is 0 Å².